The molecule has 0 spiro atoms. The fourth-order valence-corrected chi connectivity index (χ4v) is 3.47. The Labute approximate surface area is 156 Å². The van der Waals surface area contributed by atoms with Crippen LogP contribution in [0.15, 0.2) is 65.8 Å². The number of nitrogens with one attached hydrogen (secondary N) is 2. The Bertz CT molecular complexity index is 1060. The molecule has 1 heterocycles. The van der Waals surface area contributed by atoms with E-state index in [-0.39, 0.29) is 10.5 Å². The van der Waals surface area contributed by atoms with Crippen molar-refractivity contribution >= 4 is 27.3 Å². The van der Waals surface area contributed by atoms with Gasteiger partial charge in [-0.1, -0.05) is 6.07 Å². The predicted molar refractivity (Wildman–Crippen MR) is 101 cm³/mol. The number of ether oxygens (including phenoxy) is 1. The molecular weight excluding hydrogens is 368 g/mol. The third-order valence-electron chi connectivity index (χ3n) is 3.71. The van der Waals surface area contributed by atoms with Gasteiger partial charge in [0.2, 0.25) is 0 Å². The molecule has 8 nitrogen and oxygen atoms in total. The van der Waals surface area contributed by atoms with Gasteiger partial charge in [-0.2, -0.15) is 5.10 Å². The molecule has 0 saturated carbocycles. The Morgan fingerprint density at radius 1 is 1.11 bits per heavy atom. The summed E-state index contributed by atoms with van der Waals surface area (Å²) < 4.78 is 34.3. The minimum Gasteiger partial charge on any atom is -0.497 e. The van der Waals surface area contributed by atoms with Crippen molar-refractivity contribution in [3.63, 3.8) is 0 Å². The highest BCUT2D eigenvalue weighted by molar-refractivity contribution is 7.92. The molecule has 0 aliphatic heterocycles. The first kappa shape index (κ1) is 18.5. The number of hydrogen-bond acceptors (Lipinski definition) is 5. The van der Waals surface area contributed by atoms with E-state index in [1.165, 1.54) is 37.6 Å². The van der Waals surface area contributed by atoms with Crippen molar-refractivity contribution in [2.24, 2.45) is 7.05 Å². The third-order valence-corrected chi connectivity index (χ3v) is 5.09. The Hall–Kier alpha value is -3.33. The number of sulfonamides is 1. The predicted octanol–water partition coefficient (Wildman–Crippen LogP) is 2.48. The van der Waals surface area contributed by atoms with E-state index < -0.39 is 15.9 Å². The number of anilines is 2. The van der Waals surface area contributed by atoms with Crippen LogP contribution in [0.2, 0.25) is 0 Å². The SMILES string of the molecule is COc1ccc(NS(=O)(=O)c2cccc(C(=O)Nc3cnn(C)c3)c2)cc1. The molecule has 2 N–H and O–H groups in total. The number of nitrogens with zero attached hydrogens (tertiary/aromatic N) is 2. The lowest BCUT2D eigenvalue weighted by atomic mass is 10.2. The zero-order valence-electron chi connectivity index (χ0n) is 14.7. The molecule has 27 heavy (non-hydrogen) atoms. The average molecular weight is 386 g/mol. The molecular formula is C18H18N4O4S. The number of hydrogen-bond donors (Lipinski definition) is 2. The lowest BCUT2D eigenvalue weighted by Crippen LogP contribution is -2.15. The number of carbonyl (C=O) groups excluding carboxylic acids is 1. The second-order valence-corrected chi connectivity index (χ2v) is 7.40. The number of aromatic nitrogens is 2. The largest absolute Gasteiger partial charge is 0.497 e. The fourth-order valence-electron chi connectivity index (χ4n) is 2.37. The van der Waals surface area contributed by atoms with Crippen molar-refractivity contribution in [3.8, 4) is 5.75 Å². The maximum absolute atomic E-state index is 12.6. The third kappa shape index (κ3) is 4.45. The van der Waals surface area contributed by atoms with Crippen molar-refractivity contribution < 1.29 is 17.9 Å². The highest BCUT2D eigenvalue weighted by Gasteiger charge is 2.17. The molecule has 1 amide bonds. The van der Waals surface area contributed by atoms with Crippen LogP contribution in [0, 0.1) is 0 Å². The van der Waals surface area contributed by atoms with E-state index in [4.69, 9.17) is 4.74 Å². The summed E-state index contributed by atoms with van der Waals surface area (Å²) in [6.07, 6.45) is 3.15. The normalized spacial score (nSPS) is 11.0. The van der Waals surface area contributed by atoms with Gasteiger partial charge in [-0.25, -0.2) is 8.42 Å². The molecule has 0 aliphatic rings. The first-order chi connectivity index (χ1) is 12.9. The highest BCUT2D eigenvalue weighted by atomic mass is 32.2. The lowest BCUT2D eigenvalue weighted by Gasteiger charge is -2.10. The van der Waals surface area contributed by atoms with Crippen LogP contribution in [0.4, 0.5) is 11.4 Å². The van der Waals surface area contributed by atoms with Crippen LogP contribution in [-0.4, -0.2) is 31.2 Å². The zero-order valence-corrected chi connectivity index (χ0v) is 15.5. The van der Waals surface area contributed by atoms with Gasteiger partial charge < -0.3 is 10.1 Å². The highest BCUT2D eigenvalue weighted by Crippen LogP contribution is 2.20. The summed E-state index contributed by atoms with van der Waals surface area (Å²) in [4.78, 5) is 12.3. The van der Waals surface area contributed by atoms with Gasteiger partial charge in [0, 0.05) is 24.5 Å². The summed E-state index contributed by atoms with van der Waals surface area (Å²) in [5.74, 6) is 0.191. The molecule has 140 valence electrons. The molecule has 0 aliphatic carbocycles. The fraction of sp³-hybridized carbons (Fsp3) is 0.111. The minimum absolute atomic E-state index is 0.0165. The first-order valence-corrected chi connectivity index (χ1v) is 9.42. The van der Waals surface area contributed by atoms with Gasteiger partial charge in [-0.3, -0.25) is 14.2 Å². The van der Waals surface area contributed by atoms with Crippen LogP contribution >= 0.6 is 0 Å². The number of carbonyl (C=O) groups is 1. The van der Waals surface area contributed by atoms with Gasteiger partial charge in [0.15, 0.2) is 0 Å². The molecule has 0 unspecified atom stereocenters. The van der Waals surface area contributed by atoms with Gasteiger partial charge in [-0.05, 0) is 42.5 Å². The molecule has 3 rings (SSSR count). The monoisotopic (exact) mass is 386 g/mol. The Balaban J connectivity index is 1.79. The summed E-state index contributed by atoms with van der Waals surface area (Å²) in [5.41, 5.74) is 1.13. The van der Waals surface area contributed by atoms with Crippen LogP contribution in [0.5, 0.6) is 5.75 Å². The van der Waals surface area contributed by atoms with Gasteiger partial charge in [0.05, 0.1) is 23.9 Å². The van der Waals surface area contributed by atoms with Crippen molar-refractivity contribution in [2.45, 2.75) is 4.90 Å². The molecule has 0 bridgehead atoms. The summed E-state index contributed by atoms with van der Waals surface area (Å²) in [6.45, 7) is 0. The van der Waals surface area contributed by atoms with Crippen molar-refractivity contribution in [1.29, 1.82) is 0 Å². The molecule has 0 fully saturated rings. The van der Waals surface area contributed by atoms with E-state index in [0.29, 0.717) is 17.1 Å². The molecule has 2 aromatic carbocycles. The van der Waals surface area contributed by atoms with E-state index in [2.05, 4.69) is 15.1 Å². The van der Waals surface area contributed by atoms with Crippen LogP contribution < -0.4 is 14.8 Å². The molecule has 3 aromatic rings. The second kappa shape index (κ2) is 7.50. The summed E-state index contributed by atoms with van der Waals surface area (Å²) in [5, 5.41) is 6.64. The Kier molecular flexibility index (Phi) is 5.13. The van der Waals surface area contributed by atoms with E-state index in [1.807, 2.05) is 0 Å². The smallest absolute Gasteiger partial charge is 0.261 e. The van der Waals surface area contributed by atoms with E-state index >= 15 is 0 Å². The second-order valence-electron chi connectivity index (χ2n) is 5.72. The number of methoxy groups -OCH3 is 1. The van der Waals surface area contributed by atoms with Gasteiger partial charge in [0.25, 0.3) is 15.9 Å². The molecule has 9 heteroatoms. The van der Waals surface area contributed by atoms with Gasteiger partial charge >= 0.3 is 0 Å². The topological polar surface area (TPSA) is 102 Å². The van der Waals surface area contributed by atoms with Gasteiger partial charge in [-0.15, -0.1) is 0 Å². The number of benzene rings is 2. The zero-order chi connectivity index (χ0) is 19.4. The summed E-state index contributed by atoms with van der Waals surface area (Å²) >= 11 is 0. The van der Waals surface area contributed by atoms with Crippen LogP contribution in [0.3, 0.4) is 0 Å². The number of aryl methyl sites for hydroxylation is 1. The quantitative estimate of drug-likeness (QED) is 0.678. The summed E-state index contributed by atoms with van der Waals surface area (Å²) in [6, 6.07) is 12.3. The van der Waals surface area contributed by atoms with Gasteiger partial charge in [0.1, 0.15) is 5.75 Å². The van der Waals surface area contributed by atoms with Crippen molar-refractivity contribution in [1.82, 2.24) is 9.78 Å². The van der Waals surface area contributed by atoms with E-state index in [0.717, 1.165) is 0 Å². The maximum Gasteiger partial charge on any atom is 0.261 e. The average Bonchev–Trinajstić information content (AvgIpc) is 3.07. The molecule has 1 aromatic heterocycles. The van der Waals surface area contributed by atoms with Crippen molar-refractivity contribution in [2.75, 3.05) is 17.1 Å². The van der Waals surface area contributed by atoms with Crippen LogP contribution in [0.25, 0.3) is 0 Å². The summed E-state index contributed by atoms with van der Waals surface area (Å²) in [7, 11) is -0.586. The Morgan fingerprint density at radius 2 is 1.85 bits per heavy atom. The van der Waals surface area contributed by atoms with E-state index in [1.54, 1.807) is 42.2 Å². The van der Waals surface area contributed by atoms with Crippen molar-refractivity contribution in [3.05, 3.63) is 66.5 Å². The van der Waals surface area contributed by atoms with Crippen LogP contribution in [0.1, 0.15) is 10.4 Å². The number of amides is 1. The molecule has 0 saturated heterocycles. The standard InChI is InChI=1S/C18H18N4O4S/c1-22-12-15(11-19-22)20-18(23)13-4-3-5-17(10-13)27(24,25)21-14-6-8-16(26-2)9-7-14/h3-12,21H,1-2H3,(H,20,23). The number of rotatable bonds is 6. The Morgan fingerprint density at radius 3 is 2.48 bits per heavy atom. The van der Waals surface area contributed by atoms with E-state index in [9.17, 15) is 13.2 Å². The lowest BCUT2D eigenvalue weighted by molar-refractivity contribution is 0.102. The molecule has 0 radical (unpaired) electrons. The molecule has 0 atom stereocenters. The minimum atomic E-state index is -3.84. The maximum atomic E-state index is 12.6. The van der Waals surface area contributed by atoms with Crippen LogP contribution in [-0.2, 0) is 17.1 Å². The first-order valence-electron chi connectivity index (χ1n) is 7.94.